The molecule has 0 unspecified atom stereocenters. The number of morpholine rings is 1. The van der Waals surface area contributed by atoms with Gasteiger partial charge in [-0.15, -0.1) is 0 Å². The van der Waals surface area contributed by atoms with Crippen molar-refractivity contribution in [3.05, 3.63) is 30.6 Å². The van der Waals surface area contributed by atoms with Gasteiger partial charge in [0, 0.05) is 19.5 Å². The van der Waals surface area contributed by atoms with Crippen LogP contribution in [0.25, 0.3) is 11.0 Å². The Bertz CT molecular complexity index is 694. The van der Waals surface area contributed by atoms with Gasteiger partial charge in [-0.3, -0.25) is 4.79 Å². The van der Waals surface area contributed by atoms with E-state index in [1.165, 1.54) is 12.8 Å². The van der Waals surface area contributed by atoms with Gasteiger partial charge in [0.05, 0.1) is 36.1 Å². The first-order valence-electron chi connectivity index (χ1n) is 8.64. The number of para-hydroxylation sites is 2. The molecule has 1 aromatic carbocycles. The SMILES string of the molecule is O=C(CCn1cnc2ccccc21)N1CCO[C@@H]2CCCC[C@H]21. The molecule has 0 radical (unpaired) electrons. The van der Waals surface area contributed by atoms with Crippen LogP contribution in [0.5, 0.6) is 0 Å². The molecule has 5 nitrogen and oxygen atoms in total. The van der Waals surface area contributed by atoms with Gasteiger partial charge in [-0.2, -0.15) is 0 Å². The summed E-state index contributed by atoms with van der Waals surface area (Å²) in [6, 6.07) is 8.35. The molecule has 2 aromatic rings. The Morgan fingerprint density at radius 1 is 1.26 bits per heavy atom. The molecule has 2 heterocycles. The van der Waals surface area contributed by atoms with Crippen LogP contribution >= 0.6 is 0 Å². The normalized spacial score (nSPS) is 24.6. The molecule has 2 atom stereocenters. The lowest BCUT2D eigenvalue weighted by molar-refractivity contribution is -0.149. The molecular formula is C18H23N3O2. The predicted molar refractivity (Wildman–Crippen MR) is 88.1 cm³/mol. The minimum atomic E-state index is 0.253. The molecule has 23 heavy (non-hydrogen) atoms. The average molecular weight is 313 g/mol. The summed E-state index contributed by atoms with van der Waals surface area (Å²) in [5.41, 5.74) is 2.08. The van der Waals surface area contributed by atoms with Crippen molar-refractivity contribution in [2.24, 2.45) is 0 Å². The topological polar surface area (TPSA) is 47.4 Å². The Morgan fingerprint density at radius 2 is 2.13 bits per heavy atom. The van der Waals surface area contributed by atoms with Crippen molar-refractivity contribution in [1.29, 1.82) is 0 Å². The van der Waals surface area contributed by atoms with E-state index in [1.54, 1.807) is 0 Å². The summed E-state index contributed by atoms with van der Waals surface area (Å²) in [6.45, 7) is 2.11. The number of imidazole rings is 1. The zero-order chi connectivity index (χ0) is 15.6. The monoisotopic (exact) mass is 313 g/mol. The maximum Gasteiger partial charge on any atom is 0.224 e. The second-order valence-corrected chi connectivity index (χ2v) is 6.52. The molecule has 4 rings (SSSR count). The summed E-state index contributed by atoms with van der Waals surface area (Å²) in [7, 11) is 0. The molecule has 5 heteroatoms. The molecule has 0 bridgehead atoms. The number of ether oxygens (including phenoxy) is 1. The number of carbonyl (C=O) groups is 1. The third-order valence-electron chi connectivity index (χ3n) is 5.15. The van der Waals surface area contributed by atoms with E-state index in [9.17, 15) is 4.79 Å². The van der Waals surface area contributed by atoms with Gasteiger partial charge in [0.15, 0.2) is 0 Å². The number of rotatable bonds is 3. The summed E-state index contributed by atoms with van der Waals surface area (Å²) in [5, 5.41) is 0. The van der Waals surface area contributed by atoms with E-state index in [2.05, 4.69) is 20.5 Å². The van der Waals surface area contributed by atoms with Crippen LogP contribution in [0.4, 0.5) is 0 Å². The molecule has 2 fully saturated rings. The number of hydrogen-bond acceptors (Lipinski definition) is 3. The van der Waals surface area contributed by atoms with Gasteiger partial charge in [0.2, 0.25) is 5.91 Å². The summed E-state index contributed by atoms with van der Waals surface area (Å²) in [6.07, 6.45) is 7.25. The Balaban J connectivity index is 1.43. The molecule has 1 aliphatic carbocycles. The van der Waals surface area contributed by atoms with Gasteiger partial charge in [-0.25, -0.2) is 4.98 Å². The minimum absolute atomic E-state index is 0.253. The van der Waals surface area contributed by atoms with E-state index < -0.39 is 0 Å². The zero-order valence-corrected chi connectivity index (χ0v) is 13.4. The van der Waals surface area contributed by atoms with Crippen molar-refractivity contribution in [3.8, 4) is 0 Å². The molecule has 1 saturated carbocycles. The predicted octanol–water partition coefficient (Wildman–Crippen LogP) is 2.60. The highest BCUT2D eigenvalue weighted by Crippen LogP contribution is 2.28. The molecule has 122 valence electrons. The van der Waals surface area contributed by atoms with Crippen LogP contribution in [0.3, 0.4) is 0 Å². The third-order valence-corrected chi connectivity index (χ3v) is 5.15. The molecule has 0 N–H and O–H groups in total. The fourth-order valence-corrected chi connectivity index (χ4v) is 3.95. The van der Waals surface area contributed by atoms with Crippen molar-refractivity contribution in [3.63, 3.8) is 0 Å². The van der Waals surface area contributed by atoms with Gasteiger partial charge < -0.3 is 14.2 Å². The summed E-state index contributed by atoms with van der Waals surface area (Å²) < 4.78 is 7.94. The van der Waals surface area contributed by atoms with Crippen molar-refractivity contribution in [2.45, 2.75) is 50.8 Å². The van der Waals surface area contributed by atoms with Gasteiger partial charge in [-0.05, 0) is 25.0 Å². The lowest BCUT2D eigenvalue weighted by Crippen LogP contribution is -2.54. The smallest absolute Gasteiger partial charge is 0.224 e. The molecule has 1 saturated heterocycles. The van der Waals surface area contributed by atoms with Gasteiger partial charge in [0.25, 0.3) is 0 Å². The molecule has 1 aromatic heterocycles. The van der Waals surface area contributed by atoms with Gasteiger partial charge in [-0.1, -0.05) is 25.0 Å². The van der Waals surface area contributed by atoms with Crippen LogP contribution < -0.4 is 0 Å². The van der Waals surface area contributed by atoms with Crippen LogP contribution in [-0.2, 0) is 16.1 Å². The standard InChI is InChI=1S/C18H23N3O2/c22-18(21-11-12-23-17-8-4-3-7-16(17)21)9-10-20-13-19-14-5-1-2-6-15(14)20/h1-2,5-6,13,16-17H,3-4,7-12H2/t16-,17-/m1/s1. The molecular weight excluding hydrogens is 290 g/mol. The van der Waals surface area contributed by atoms with E-state index in [4.69, 9.17) is 4.74 Å². The summed E-state index contributed by atoms with van der Waals surface area (Å²) in [4.78, 5) is 19.2. The van der Waals surface area contributed by atoms with Crippen LogP contribution in [0.2, 0.25) is 0 Å². The van der Waals surface area contributed by atoms with E-state index in [0.717, 1.165) is 30.4 Å². The first-order valence-corrected chi connectivity index (χ1v) is 8.64. The largest absolute Gasteiger partial charge is 0.374 e. The van der Waals surface area contributed by atoms with Crippen molar-refractivity contribution < 1.29 is 9.53 Å². The Morgan fingerprint density at radius 3 is 3.09 bits per heavy atom. The zero-order valence-electron chi connectivity index (χ0n) is 13.4. The number of carbonyl (C=O) groups excluding carboxylic acids is 1. The number of amides is 1. The Hall–Kier alpha value is -1.88. The number of aromatic nitrogens is 2. The fourth-order valence-electron chi connectivity index (χ4n) is 3.95. The first kappa shape index (κ1) is 14.7. The molecule has 1 amide bonds. The number of hydrogen-bond donors (Lipinski definition) is 0. The van der Waals surface area contributed by atoms with E-state index in [1.807, 2.05) is 24.5 Å². The van der Waals surface area contributed by atoms with Crippen LogP contribution in [0.15, 0.2) is 30.6 Å². The first-order chi connectivity index (χ1) is 11.3. The molecule has 1 aliphatic heterocycles. The second kappa shape index (κ2) is 6.32. The van der Waals surface area contributed by atoms with Gasteiger partial charge >= 0.3 is 0 Å². The number of benzene rings is 1. The lowest BCUT2D eigenvalue weighted by atomic mass is 9.90. The van der Waals surface area contributed by atoms with Crippen molar-refractivity contribution in [2.75, 3.05) is 13.2 Å². The number of fused-ring (bicyclic) bond motifs is 2. The maximum atomic E-state index is 12.7. The van der Waals surface area contributed by atoms with Gasteiger partial charge in [0.1, 0.15) is 0 Å². The summed E-state index contributed by atoms with van der Waals surface area (Å²) in [5.74, 6) is 0.253. The number of nitrogens with zero attached hydrogens (tertiary/aromatic N) is 3. The molecule has 0 spiro atoms. The van der Waals surface area contributed by atoms with Crippen molar-refractivity contribution in [1.82, 2.24) is 14.5 Å². The van der Waals surface area contributed by atoms with Crippen LogP contribution in [-0.4, -0.2) is 45.7 Å². The van der Waals surface area contributed by atoms with E-state index >= 15 is 0 Å². The highest BCUT2D eigenvalue weighted by Gasteiger charge is 2.36. The van der Waals surface area contributed by atoms with E-state index in [0.29, 0.717) is 25.6 Å². The van der Waals surface area contributed by atoms with Crippen molar-refractivity contribution >= 4 is 16.9 Å². The Kier molecular flexibility index (Phi) is 4.04. The highest BCUT2D eigenvalue weighted by atomic mass is 16.5. The Labute approximate surface area is 136 Å². The molecule has 2 aliphatic rings. The van der Waals surface area contributed by atoms with E-state index in [-0.39, 0.29) is 12.0 Å². The fraction of sp³-hybridized carbons (Fsp3) is 0.556. The van der Waals surface area contributed by atoms with Crippen LogP contribution in [0.1, 0.15) is 32.1 Å². The quantitative estimate of drug-likeness (QED) is 0.875. The van der Waals surface area contributed by atoms with Crippen LogP contribution in [0, 0.1) is 0 Å². The summed E-state index contributed by atoms with van der Waals surface area (Å²) >= 11 is 0. The second-order valence-electron chi connectivity index (χ2n) is 6.52. The highest BCUT2D eigenvalue weighted by molar-refractivity contribution is 5.78. The lowest BCUT2D eigenvalue weighted by Gasteiger charge is -2.43. The average Bonchev–Trinajstić information content (AvgIpc) is 3.02. The number of aryl methyl sites for hydroxylation is 1. The third kappa shape index (κ3) is 2.85. The maximum absolute atomic E-state index is 12.7. The minimum Gasteiger partial charge on any atom is -0.374 e.